The second kappa shape index (κ2) is 11.4. The summed E-state index contributed by atoms with van der Waals surface area (Å²) in [5.74, 6) is -2.03. The lowest BCUT2D eigenvalue weighted by molar-refractivity contribution is -0.139. The fraction of sp³-hybridized carbons (Fsp3) is 0.269. The lowest BCUT2D eigenvalue weighted by Crippen LogP contribution is -2.26. The lowest BCUT2D eigenvalue weighted by atomic mass is 9.84. The number of hydrogen-bond acceptors (Lipinski definition) is 4. The van der Waals surface area contributed by atoms with Crippen molar-refractivity contribution in [2.75, 3.05) is 6.61 Å². The molecule has 0 heterocycles. The van der Waals surface area contributed by atoms with Gasteiger partial charge in [0.15, 0.2) is 0 Å². The molecule has 3 rings (SSSR count). The summed E-state index contributed by atoms with van der Waals surface area (Å²) in [5.41, 5.74) is 2.74. The maximum absolute atomic E-state index is 13.6. The van der Waals surface area contributed by atoms with Crippen LogP contribution in [0.15, 0.2) is 60.7 Å². The van der Waals surface area contributed by atoms with Crippen molar-refractivity contribution in [3.05, 3.63) is 99.6 Å². The molecule has 0 amide bonds. The number of ether oxygens (including phenoxy) is 1. The fourth-order valence-electron chi connectivity index (χ4n) is 3.88. The largest absolute Gasteiger partial charge is 0.490 e. The molecule has 0 aliphatic carbocycles. The Labute approximate surface area is 201 Å². The summed E-state index contributed by atoms with van der Waals surface area (Å²) >= 11 is 6.36. The number of aliphatic carboxylic acids is 1. The van der Waals surface area contributed by atoms with Crippen LogP contribution >= 0.6 is 11.6 Å². The van der Waals surface area contributed by atoms with Crippen LogP contribution in [0, 0.1) is 18.6 Å². The molecule has 2 atom stereocenters. The van der Waals surface area contributed by atoms with E-state index in [1.807, 2.05) is 0 Å². The Morgan fingerprint density at radius 3 is 1.97 bits per heavy atom. The van der Waals surface area contributed by atoms with E-state index in [4.69, 9.17) is 21.4 Å². The van der Waals surface area contributed by atoms with Crippen LogP contribution in [0.3, 0.4) is 0 Å². The van der Waals surface area contributed by atoms with Gasteiger partial charge in [-0.1, -0.05) is 35.9 Å². The molecule has 3 aromatic rings. The average Bonchev–Trinajstić information content (AvgIpc) is 2.75. The van der Waals surface area contributed by atoms with Gasteiger partial charge in [0.1, 0.15) is 24.0 Å². The van der Waals surface area contributed by atoms with E-state index in [0.717, 1.165) is 11.1 Å². The van der Waals surface area contributed by atoms with Gasteiger partial charge in [0, 0.05) is 22.9 Å². The third kappa shape index (κ3) is 6.76. The Morgan fingerprint density at radius 2 is 1.47 bits per heavy atom. The van der Waals surface area contributed by atoms with Crippen molar-refractivity contribution in [2.24, 2.45) is 0 Å². The lowest BCUT2D eigenvalue weighted by Gasteiger charge is -2.25. The van der Waals surface area contributed by atoms with Crippen molar-refractivity contribution in [3.8, 4) is 5.75 Å². The second-order valence-electron chi connectivity index (χ2n) is 8.13. The van der Waals surface area contributed by atoms with Crippen molar-refractivity contribution in [2.45, 2.75) is 37.9 Å². The molecule has 0 saturated heterocycles. The van der Waals surface area contributed by atoms with Crippen molar-refractivity contribution < 1.29 is 33.6 Å². The molecule has 0 saturated carbocycles. The number of carboxylic acids is 1. The topological polar surface area (TPSA) is 87.0 Å². The monoisotopic (exact) mass is 490 g/mol. The highest BCUT2D eigenvalue weighted by atomic mass is 35.5. The average molecular weight is 491 g/mol. The predicted octanol–water partition coefficient (Wildman–Crippen LogP) is 5.07. The van der Waals surface area contributed by atoms with Gasteiger partial charge in [0.05, 0.1) is 18.6 Å². The van der Waals surface area contributed by atoms with Crippen molar-refractivity contribution in [1.82, 2.24) is 0 Å². The van der Waals surface area contributed by atoms with Gasteiger partial charge < -0.3 is 20.1 Å². The zero-order chi connectivity index (χ0) is 24.8. The van der Waals surface area contributed by atoms with Crippen LogP contribution in [-0.4, -0.2) is 40.1 Å². The Bertz CT molecular complexity index is 1070. The first-order valence-corrected chi connectivity index (χ1v) is 11.0. The highest BCUT2D eigenvalue weighted by Gasteiger charge is 2.24. The van der Waals surface area contributed by atoms with Crippen molar-refractivity contribution in [1.29, 1.82) is 0 Å². The van der Waals surface area contributed by atoms with Crippen LogP contribution in [0.2, 0.25) is 5.02 Å². The first kappa shape index (κ1) is 25.6. The van der Waals surface area contributed by atoms with Gasteiger partial charge >= 0.3 is 5.97 Å². The quantitative estimate of drug-likeness (QED) is 0.345. The van der Waals surface area contributed by atoms with Crippen LogP contribution in [-0.2, 0) is 4.79 Å². The van der Waals surface area contributed by atoms with E-state index in [1.54, 1.807) is 43.3 Å². The summed E-state index contributed by atoms with van der Waals surface area (Å²) in [6, 6.07) is 15.2. The van der Waals surface area contributed by atoms with Crippen LogP contribution in [0.1, 0.15) is 41.0 Å². The number of aliphatic hydroxyl groups is 2. The molecular formula is C26H25ClF2O5. The van der Waals surface area contributed by atoms with Gasteiger partial charge in [-0.15, -0.1) is 0 Å². The first-order valence-electron chi connectivity index (χ1n) is 10.7. The Kier molecular flexibility index (Phi) is 8.61. The van der Waals surface area contributed by atoms with Crippen molar-refractivity contribution in [3.63, 3.8) is 0 Å². The summed E-state index contributed by atoms with van der Waals surface area (Å²) in [5, 5.41) is 29.3. The Morgan fingerprint density at radius 1 is 0.941 bits per heavy atom. The second-order valence-corrected chi connectivity index (χ2v) is 8.57. The standard InChI is InChI=1S/C26H25ClF2O5/c1-15-10-18(27)11-23(26(15)34-14-22(31)12-21(30)13-24(32)33)25(16-2-6-19(28)7-3-16)17-4-8-20(29)9-5-17/h2-11,21-22,25,30-31H,12-14H2,1H3,(H,32,33)/t21-,22+/m1/s1. The first-order chi connectivity index (χ1) is 16.1. The third-order valence-corrected chi connectivity index (χ3v) is 5.58. The molecule has 0 fully saturated rings. The van der Waals surface area contributed by atoms with E-state index >= 15 is 0 Å². The number of benzene rings is 3. The summed E-state index contributed by atoms with van der Waals surface area (Å²) in [4.78, 5) is 10.7. The number of aliphatic hydroxyl groups excluding tert-OH is 2. The predicted molar refractivity (Wildman–Crippen MR) is 124 cm³/mol. The minimum absolute atomic E-state index is 0.173. The molecule has 0 spiro atoms. The molecule has 180 valence electrons. The van der Waals surface area contributed by atoms with E-state index in [9.17, 15) is 23.8 Å². The fourth-order valence-corrected chi connectivity index (χ4v) is 4.16. The van der Waals surface area contributed by atoms with Crippen LogP contribution in [0.4, 0.5) is 8.78 Å². The molecule has 0 radical (unpaired) electrons. The van der Waals surface area contributed by atoms with E-state index in [-0.39, 0.29) is 13.0 Å². The highest BCUT2D eigenvalue weighted by Crippen LogP contribution is 2.40. The van der Waals surface area contributed by atoms with E-state index in [0.29, 0.717) is 21.9 Å². The number of aryl methyl sites for hydroxylation is 1. The Balaban J connectivity index is 1.98. The number of carbonyl (C=O) groups is 1. The molecule has 0 bridgehead atoms. The van der Waals surface area contributed by atoms with Gasteiger partial charge in [-0.25, -0.2) is 8.78 Å². The maximum atomic E-state index is 13.6. The molecular weight excluding hydrogens is 466 g/mol. The molecule has 3 N–H and O–H groups in total. The van der Waals surface area contributed by atoms with E-state index in [1.165, 1.54) is 24.3 Å². The summed E-state index contributed by atoms with van der Waals surface area (Å²) in [6.45, 7) is 1.58. The minimum atomic E-state index is -1.21. The maximum Gasteiger partial charge on any atom is 0.305 e. The highest BCUT2D eigenvalue weighted by molar-refractivity contribution is 6.30. The Hall–Kier alpha value is -3.00. The summed E-state index contributed by atoms with van der Waals surface area (Å²) < 4.78 is 33.2. The minimum Gasteiger partial charge on any atom is -0.490 e. The van der Waals surface area contributed by atoms with Crippen LogP contribution in [0.5, 0.6) is 5.75 Å². The van der Waals surface area contributed by atoms with Gasteiger partial charge in [-0.05, 0) is 60.0 Å². The zero-order valence-corrected chi connectivity index (χ0v) is 19.2. The molecule has 0 aliphatic heterocycles. The number of carboxylic acid groups (broad SMARTS) is 1. The molecule has 0 aliphatic rings. The van der Waals surface area contributed by atoms with E-state index in [2.05, 4.69) is 0 Å². The zero-order valence-electron chi connectivity index (χ0n) is 18.4. The normalized spacial score (nSPS) is 13.0. The van der Waals surface area contributed by atoms with Gasteiger partial charge in [0.2, 0.25) is 0 Å². The third-order valence-electron chi connectivity index (χ3n) is 5.36. The van der Waals surface area contributed by atoms with Crippen LogP contribution in [0.25, 0.3) is 0 Å². The van der Waals surface area contributed by atoms with Gasteiger partial charge in [0.25, 0.3) is 0 Å². The molecule has 3 aromatic carbocycles. The van der Waals surface area contributed by atoms with Gasteiger partial charge in [-0.3, -0.25) is 4.79 Å². The number of rotatable bonds is 10. The smallest absolute Gasteiger partial charge is 0.305 e. The van der Waals surface area contributed by atoms with E-state index < -0.39 is 42.2 Å². The number of hydrogen-bond donors (Lipinski definition) is 3. The molecule has 5 nitrogen and oxygen atoms in total. The molecule has 8 heteroatoms. The van der Waals surface area contributed by atoms with Crippen molar-refractivity contribution >= 4 is 17.6 Å². The summed E-state index contributed by atoms with van der Waals surface area (Å²) in [7, 11) is 0. The van der Waals surface area contributed by atoms with Gasteiger partial charge in [-0.2, -0.15) is 0 Å². The number of halogens is 3. The summed E-state index contributed by atoms with van der Waals surface area (Å²) in [6.07, 6.45) is -2.99. The molecule has 0 aromatic heterocycles. The SMILES string of the molecule is Cc1cc(Cl)cc(C(c2ccc(F)cc2)c2ccc(F)cc2)c1OC[C@@H](O)C[C@@H](O)CC(=O)O. The van der Waals surface area contributed by atoms with Crippen LogP contribution < -0.4 is 4.74 Å². The molecule has 34 heavy (non-hydrogen) atoms. The molecule has 0 unspecified atom stereocenters.